The highest BCUT2D eigenvalue weighted by molar-refractivity contribution is 5.97. The van der Waals surface area contributed by atoms with Gasteiger partial charge in [0.2, 0.25) is 0 Å². The highest BCUT2D eigenvalue weighted by Crippen LogP contribution is 2.24. The summed E-state index contributed by atoms with van der Waals surface area (Å²) < 4.78 is 0. The first kappa shape index (κ1) is 12.9. The number of nitrogens with two attached hydrogens (primary N) is 1. The lowest BCUT2D eigenvalue weighted by molar-refractivity contribution is 0.0909. The number of benzene rings is 1. The highest BCUT2D eigenvalue weighted by Gasteiger charge is 2.23. The molecule has 0 aromatic heterocycles. The van der Waals surface area contributed by atoms with E-state index in [0.717, 1.165) is 12.0 Å². The Morgan fingerprint density at radius 2 is 2.06 bits per heavy atom. The Labute approximate surface area is 109 Å². The number of amides is 1. The number of hydrogen-bond acceptors (Lipinski definition) is 2. The molecule has 0 spiro atoms. The van der Waals surface area contributed by atoms with Gasteiger partial charge in [-0.15, -0.1) is 0 Å². The molecule has 0 bridgehead atoms. The molecule has 3 nitrogen and oxygen atoms in total. The maximum atomic E-state index is 12.3. The van der Waals surface area contributed by atoms with E-state index >= 15 is 0 Å². The van der Waals surface area contributed by atoms with Crippen molar-refractivity contribution in [2.75, 3.05) is 5.73 Å². The smallest absolute Gasteiger partial charge is 0.251 e. The van der Waals surface area contributed by atoms with Crippen molar-refractivity contribution >= 4 is 11.6 Å². The average Bonchev–Trinajstić information content (AvgIpc) is 2.35. The second-order valence-electron chi connectivity index (χ2n) is 5.36. The van der Waals surface area contributed by atoms with Gasteiger partial charge < -0.3 is 11.1 Å². The van der Waals surface area contributed by atoms with E-state index in [2.05, 4.69) is 12.2 Å². The van der Waals surface area contributed by atoms with Crippen LogP contribution in [0.5, 0.6) is 0 Å². The Balaban J connectivity index is 2.09. The summed E-state index contributed by atoms with van der Waals surface area (Å²) in [7, 11) is 0. The molecule has 0 saturated heterocycles. The topological polar surface area (TPSA) is 55.1 Å². The number of nitrogens with one attached hydrogen (secondary N) is 1. The van der Waals surface area contributed by atoms with Gasteiger partial charge in [0, 0.05) is 17.3 Å². The lowest BCUT2D eigenvalue weighted by Gasteiger charge is -2.29. The van der Waals surface area contributed by atoms with Crippen molar-refractivity contribution in [3.63, 3.8) is 0 Å². The van der Waals surface area contributed by atoms with E-state index in [-0.39, 0.29) is 5.91 Å². The van der Waals surface area contributed by atoms with Crippen molar-refractivity contribution in [2.45, 2.75) is 45.6 Å². The minimum atomic E-state index is 0.0125. The molecule has 3 heteroatoms. The van der Waals surface area contributed by atoms with Gasteiger partial charge in [-0.25, -0.2) is 0 Å². The first-order valence-electron chi connectivity index (χ1n) is 6.75. The van der Waals surface area contributed by atoms with Gasteiger partial charge in [-0.2, -0.15) is 0 Å². The van der Waals surface area contributed by atoms with Gasteiger partial charge in [0.15, 0.2) is 0 Å². The molecule has 1 aliphatic rings. The monoisotopic (exact) mass is 246 g/mol. The van der Waals surface area contributed by atoms with E-state index in [4.69, 9.17) is 5.73 Å². The highest BCUT2D eigenvalue weighted by atomic mass is 16.1. The third kappa shape index (κ3) is 2.66. The van der Waals surface area contributed by atoms with E-state index < -0.39 is 0 Å². The van der Waals surface area contributed by atoms with Crippen LogP contribution in [-0.2, 0) is 0 Å². The molecule has 98 valence electrons. The summed E-state index contributed by atoms with van der Waals surface area (Å²) in [5.41, 5.74) is 8.09. The standard InChI is InChI=1S/C15H22N2O/c1-10-6-3-4-9-14(10)17-15(18)12-7-5-8-13(16)11(12)2/h5,7-8,10,14H,3-4,6,9,16H2,1-2H3,(H,17,18)/t10-,14+/m1/s1. The van der Waals surface area contributed by atoms with Crippen LogP contribution in [0.3, 0.4) is 0 Å². The Bertz CT molecular complexity index is 442. The largest absolute Gasteiger partial charge is 0.398 e. The molecule has 1 fully saturated rings. The second kappa shape index (κ2) is 5.42. The summed E-state index contributed by atoms with van der Waals surface area (Å²) in [6, 6.07) is 5.82. The molecule has 1 aliphatic carbocycles. The first-order chi connectivity index (χ1) is 8.59. The van der Waals surface area contributed by atoms with Crippen molar-refractivity contribution in [3.8, 4) is 0 Å². The van der Waals surface area contributed by atoms with Gasteiger partial charge >= 0.3 is 0 Å². The number of carbonyl (C=O) groups is 1. The van der Waals surface area contributed by atoms with Crippen LogP contribution >= 0.6 is 0 Å². The maximum Gasteiger partial charge on any atom is 0.251 e. The Hall–Kier alpha value is -1.51. The summed E-state index contributed by atoms with van der Waals surface area (Å²) in [5, 5.41) is 3.16. The van der Waals surface area contributed by atoms with Crippen LogP contribution in [0.4, 0.5) is 5.69 Å². The molecule has 1 aromatic carbocycles. The fraction of sp³-hybridized carbons (Fsp3) is 0.533. The van der Waals surface area contributed by atoms with E-state index in [1.54, 1.807) is 0 Å². The van der Waals surface area contributed by atoms with Crippen LogP contribution in [0, 0.1) is 12.8 Å². The van der Waals surface area contributed by atoms with E-state index in [0.29, 0.717) is 23.2 Å². The molecular formula is C15H22N2O. The molecule has 1 saturated carbocycles. The summed E-state index contributed by atoms with van der Waals surface area (Å²) in [5.74, 6) is 0.586. The molecular weight excluding hydrogens is 224 g/mol. The molecule has 2 atom stereocenters. The van der Waals surface area contributed by atoms with Crippen LogP contribution in [-0.4, -0.2) is 11.9 Å². The summed E-state index contributed by atoms with van der Waals surface area (Å²) in [6.45, 7) is 4.12. The van der Waals surface area contributed by atoms with Crippen molar-refractivity contribution in [1.82, 2.24) is 5.32 Å². The Kier molecular flexibility index (Phi) is 3.90. The molecule has 2 rings (SSSR count). The lowest BCUT2D eigenvalue weighted by Crippen LogP contribution is -2.41. The van der Waals surface area contributed by atoms with Gasteiger partial charge in [0.25, 0.3) is 5.91 Å². The molecule has 0 heterocycles. The third-order valence-electron chi connectivity index (χ3n) is 4.05. The number of anilines is 1. The normalized spacial score (nSPS) is 23.7. The zero-order valence-electron chi connectivity index (χ0n) is 11.2. The number of hydrogen-bond donors (Lipinski definition) is 2. The molecule has 0 aliphatic heterocycles. The SMILES string of the molecule is Cc1c(N)cccc1C(=O)N[C@H]1CCCC[C@H]1C. The Morgan fingerprint density at radius 3 is 2.78 bits per heavy atom. The summed E-state index contributed by atoms with van der Waals surface area (Å²) in [4.78, 5) is 12.3. The van der Waals surface area contributed by atoms with Gasteiger partial charge in [0.1, 0.15) is 0 Å². The molecule has 3 N–H and O–H groups in total. The fourth-order valence-electron chi connectivity index (χ4n) is 2.68. The summed E-state index contributed by atoms with van der Waals surface area (Å²) >= 11 is 0. The van der Waals surface area contributed by atoms with Crippen LogP contribution in [0.15, 0.2) is 18.2 Å². The zero-order valence-corrected chi connectivity index (χ0v) is 11.2. The van der Waals surface area contributed by atoms with Crippen molar-refractivity contribution < 1.29 is 4.79 Å². The minimum Gasteiger partial charge on any atom is -0.398 e. The number of carbonyl (C=O) groups excluding carboxylic acids is 1. The molecule has 18 heavy (non-hydrogen) atoms. The quantitative estimate of drug-likeness (QED) is 0.788. The van der Waals surface area contributed by atoms with Gasteiger partial charge in [0.05, 0.1) is 0 Å². The van der Waals surface area contributed by atoms with Gasteiger partial charge in [-0.3, -0.25) is 4.79 Å². The van der Waals surface area contributed by atoms with Crippen LogP contribution in [0.1, 0.15) is 48.5 Å². The lowest BCUT2D eigenvalue weighted by atomic mass is 9.85. The van der Waals surface area contributed by atoms with E-state index in [1.165, 1.54) is 19.3 Å². The first-order valence-corrected chi connectivity index (χ1v) is 6.75. The Morgan fingerprint density at radius 1 is 1.33 bits per heavy atom. The average molecular weight is 246 g/mol. The van der Waals surface area contributed by atoms with E-state index in [1.807, 2.05) is 25.1 Å². The minimum absolute atomic E-state index is 0.0125. The van der Waals surface area contributed by atoms with Crippen molar-refractivity contribution in [2.24, 2.45) is 5.92 Å². The molecule has 0 unspecified atom stereocenters. The van der Waals surface area contributed by atoms with Crippen LogP contribution in [0.2, 0.25) is 0 Å². The summed E-state index contributed by atoms with van der Waals surface area (Å²) in [6.07, 6.45) is 4.80. The maximum absolute atomic E-state index is 12.3. The predicted molar refractivity (Wildman–Crippen MR) is 74.5 cm³/mol. The molecule has 0 radical (unpaired) electrons. The van der Waals surface area contributed by atoms with Crippen LogP contribution in [0.25, 0.3) is 0 Å². The van der Waals surface area contributed by atoms with Crippen molar-refractivity contribution in [3.05, 3.63) is 29.3 Å². The number of rotatable bonds is 2. The zero-order chi connectivity index (χ0) is 13.1. The van der Waals surface area contributed by atoms with E-state index in [9.17, 15) is 4.79 Å². The third-order valence-corrected chi connectivity index (χ3v) is 4.05. The van der Waals surface area contributed by atoms with Crippen LogP contribution < -0.4 is 11.1 Å². The molecule has 1 amide bonds. The molecule has 1 aromatic rings. The predicted octanol–water partition coefficient (Wildman–Crippen LogP) is 2.89. The van der Waals surface area contributed by atoms with Gasteiger partial charge in [-0.1, -0.05) is 25.8 Å². The fourth-order valence-corrected chi connectivity index (χ4v) is 2.68. The number of nitrogen functional groups attached to an aromatic ring is 1. The van der Waals surface area contributed by atoms with Crippen molar-refractivity contribution in [1.29, 1.82) is 0 Å². The van der Waals surface area contributed by atoms with Gasteiger partial charge in [-0.05, 0) is 43.4 Å². The second-order valence-corrected chi connectivity index (χ2v) is 5.36.